The predicted molar refractivity (Wildman–Crippen MR) is 151 cm³/mol. The van der Waals surface area contributed by atoms with Gasteiger partial charge in [0.05, 0.1) is 24.8 Å². The monoisotopic (exact) mass is 551 g/mol. The lowest BCUT2D eigenvalue weighted by molar-refractivity contribution is -0.126. The number of aromatic nitrogens is 3. The highest BCUT2D eigenvalue weighted by molar-refractivity contribution is 6.04. The molecule has 3 heterocycles. The van der Waals surface area contributed by atoms with Crippen molar-refractivity contribution < 1.29 is 28.5 Å². The van der Waals surface area contributed by atoms with Gasteiger partial charge < -0.3 is 28.4 Å². The van der Waals surface area contributed by atoms with Gasteiger partial charge in [0.25, 0.3) is 5.91 Å². The highest BCUT2D eigenvalue weighted by Gasteiger charge is 2.29. The Labute approximate surface area is 234 Å². The molecule has 0 spiro atoms. The predicted octanol–water partition coefficient (Wildman–Crippen LogP) is 3.78. The van der Waals surface area contributed by atoms with Crippen LogP contribution in [0.1, 0.15) is 41.4 Å². The third-order valence-electron chi connectivity index (χ3n) is 6.73. The van der Waals surface area contributed by atoms with E-state index in [0.717, 1.165) is 25.0 Å². The number of methoxy groups -OCH3 is 2. The van der Waals surface area contributed by atoms with E-state index < -0.39 is 0 Å². The molecule has 40 heavy (non-hydrogen) atoms. The largest absolute Gasteiger partial charge is 0.487 e. The SMILES string of the molecule is C=CC(=O)N1CCCCC(n2c(NC(=O)c3ccnc(C)c3)nc3ccc(OCCOC)c(OCCOC)c32)C1. The molecular weight excluding hydrogens is 514 g/mol. The van der Waals surface area contributed by atoms with Gasteiger partial charge in [0.15, 0.2) is 11.5 Å². The number of hydrogen-bond acceptors (Lipinski definition) is 8. The molecule has 0 saturated carbocycles. The van der Waals surface area contributed by atoms with Crippen molar-refractivity contribution in [2.24, 2.45) is 0 Å². The number of rotatable bonds is 12. The van der Waals surface area contributed by atoms with Crippen LogP contribution in [-0.4, -0.2) is 85.0 Å². The zero-order chi connectivity index (χ0) is 28.5. The maximum Gasteiger partial charge on any atom is 0.258 e. The molecule has 1 N–H and O–H groups in total. The van der Waals surface area contributed by atoms with Crippen molar-refractivity contribution in [1.82, 2.24) is 19.4 Å². The second kappa shape index (κ2) is 13.9. The molecule has 4 rings (SSSR count). The van der Waals surface area contributed by atoms with Gasteiger partial charge in [-0.2, -0.15) is 0 Å². The van der Waals surface area contributed by atoms with Crippen molar-refractivity contribution in [3.8, 4) is 11.5 Å². The minimum atomic E-state index is -0.312. The van der Waals surface area contributed by atoms with E-state index in [-0.39, 0.29) is 24.5 Å². The highest BCUT2D eigenvalue weighted by atomic mass is 16.5. The molecule has 1 aliphatic rings. The number of amides is 2. The first-order valence-corrected chi connectivity index (χ1v) is 13.4. The Morgan fingerprint density at radius 2 is 1.88 bits per heavy atom. The maximum atomic E-state index is 13.3. The number of ether oxygens (including phenoxy) is 4. The van der Waals surface area contributed by atoms with Crippen LogP contribution >= 0.6 is 0 Å². The van der Waals surface area contributed by atoms with Gasteiger partial charge in [0.2, 0.25) is 11.9 Å². The van der Waals surface area contributed by atoms with Crippen molar-refractivity contribution in [2.75, 3.05) is 59.1 Å². The minimum Gasteiger partial charge on any atom is -0.487 e. The first-order chi connectivity index (χ1) is 19.5. The summed E-state index contributed by atoms with van der Waals surface area (Å²) in [5.74, 6) is 0.932. The minimum absolute atomic E-state index is 0.130. The van der Waals surface area contributed by atoms with Gasteiger partial charge in [-0.05, 0) is 56.5 Å². The number of benzene rings is 1. The van der Waals surface area contributed by atoms with E-state index in [1.807, 2.05) is 17.6 Å². The van der Waals surface area contributed by atoms with Crippen LogP contribution in [0.3, 0.4) is 0 Å². The molecule has 3 aromatic rings. The fourth-order valence-electron chi connectivity index (χ4n) is 4.82. The molecule has 0 radical (unpaired) electrons. The van der Waals surface area contributed by atoms with E-state index >= 15 is 0 Å². The summed E-state index contributed by atoms with van der Waals surface area (Å²) in [5, 5.41) is 3.01. The number of pyridine rings is 1. The molecule has 1 aromatic carbocycles. The quantitative estimate of drug-likeness (QED) is 0.267. The van der Waals surface area contributed by atoms with Crippen LogP contribution in [0, 0.1) is 6.92 Å². The molecule has 2 aromatic heterocycles. The summed E-state index contributed by atoms with van der Waals surface area (Å²) in [5.41, 5.74) is 2.49. The lowest BCUT2D eigenvalue weighted by Crippen LogP contribution is -2.34. The molecule has 1 atom stereocenters. The second-order valence-corrected chi connectivity index (χ2v) is 9.53. The number of aryl methyl sites for hydroxylation is 1. The topological polar surface area (TPSA) is 117 Å². The molecule has 214 valence electrons. The smallest absolute Gasteiger partial charge is 0.258 e. The summed E-state index contributed by atoms with van der Waals surface area (Å²) in [7, 11) is 3.22. The number of nitrogens with one attached hydrogen (secondary N) is 1. The zero-order valence-electron chi connectivity index (χ0n) is 23.4. The number of carbonyl (C=O) groups excluding carboxylic acids is 2. The van der Waals surface area contributed by atoms with Crippen LogP contribution in [0.15, 0.2) is 43.1 Å². The first kappa shape index (κ1) is 29.0. The Balaban J connectivity index is 1.85. The van der Waals surface area contributed by atoms with Crippen molar-refractivity contribution in [2.45, 2.75) is 32.2 Å². The second-order valence-electron chi connectivity index (χ2n) is 9.53. The van der Waals surface area contributed by atoms with Gasteiger partial charge in [-0.25, -0.2) is 4.98 Å². The van der Waals surface area contributed by atoms with Gasteiger partial charge >= 0.3 is 0 Å². The Morgan fingerprint density at radius 3 is 2.60 bits per heavy atom. The number of anilines is 1. The van der Waals surface area contributed by atoms with Crippen molar-refractivity contribution in [3.63, 3.8) is 0 Å². The highest BCUT2D eigenvalue weighted by Crippen LogP contribution is 2.40. The summed E-state index contributed by atoms with van der Waals surface area (Å²) >= 11 is 0. The third-order valence-corrected chi connectivity index (χ3v) is 6.73. The average Bonchev–Trinajstić information content (AvgIpc) is 3.14. The van der Waals surface area contributed by atoms with E-state index in [1.165, 1.54) is 6.08 Å². The molecule has 1 saturated heterocycles. The van der Waals surface area contributed by atoms with E-state index in [2.05, 4.69) is 16.9 Å². The van der Waals surface area contributed by atoms with Crippen molar-refractivity contribution in [3.05, 3.63) is 54.4 Å². The van der Waals surface area contributed by atoms with Gasteiger partial charge in [0.1, 0.15) is 18.7 Å². The van der Waals surface area contributed by atoms with E-state index in [9.17, 15) is 9.59 Å². The number of nitrogens with zero attached hydrogens (tertiary/aromatic N) is 4. The third kappa shape index (κ3) is 6.78. The fraction of sp³-hybridized carbons (Fsp3) is 0.448. The lowest BCUT2D eigenvalue weighted by Gasteiger charge is -2.26. The molecular formula is C29H37N5O6. The molecule has 11 nitrogen and oxygen atoms in total. The molecule has 11 heteroatoms. The number of imidazole rings is 1. The fourth-order valence-corrected chi connectivity index (χ4v) is 4.82. The summed E-state index contributed by atoms with van der Waals surface area (Å²) in [6.45, 7) is 7.96. The Morgan fingerprint density at radius 1 is 1.10 bits per heavy atom. The van der Waals surface area contributed by atoms with Gasteiger partial charge in [-0.15, -0.1) is 0 Å². The number of likely N-dealkylation sites (tertiary alicyclic amines) is 1. The maximum absolute atomic E-state index is 13.3. The average molecular weight is 552 g/mol. The number of fused-ring (bicyclic) bond motifs is 1. The molecule has 1 unspecified atom stereocenters. The van der Waals surface area contributed by atoms with Crippen molar-refractivity contribution >= 4 is 28.8 Å². The van der Waals surface area contributed by atoms with Gasteiger partial charge in [-0.3, -0.25) is 19.9 Å². The first-order valence-electron chi connectivity index (χ1n) is 13.4. The number of hydrogen-bond donors (Lipinski definition) is 1. The number of carbonyl (C=O) groups is 2. The summed E-state index contributed by atoms with van der Waals surface area (Å²) < 4.78 is 24.6. The normalized spacial score (nSPS) is 15.5. The van der Waals surface area contributed by atoms with Gasteiger partial charge in [-0.1, -0.05) is 6.58 Å². The van der Waals surface area contributed by atoms with Crippen LogP contribution in [0.25, 0.3) is 11.0 Å². The Kier molecular flexibility index (Phi) is 10.1. The molecule has 0 aliphatic carbocycles. The summed E-state index contributed by atoms with van der Waals surface area (Å²) in [4.78, 5) is 36.8. The Bertz CT molecular complexity index is 1340. The van der Waals surface area contributed by atoms with Crippen LogP contribution in [0.5, 0.6) is 11.5 Å². The molecule has 0 bridgehead atoms. The van der Waals surface area contributed by atoms with Gasteiger partial charge in [0, 0.05) is 44.8 Å². The molecule has 1 fully saturated rings. The van der Waals surface area contributed by atoms with Crippen LogP contribution in [0.4, 0.5) is 5.95 Å². The van der Waals surface area contributed by atoms with E-state index in [4.69, 9.17) is 23.9 Å². The lowest BCUT2D eigenvalue weighted by atomic mass is 10.1. The summed E-state index contributed by atoms with van der Waals surface area (Å²) in [6, 6.07) is 6.83. The zero-order valence-corrected chi connectivity index (χ0v) is 23.4. The van der Waals surface area contributed by atoms with Crippen LogP contribution < -0.4 is 14.8 Å². The van der Waals surface area contributed by atoms with E-state index in [1.54, 1.807) is 43.5 Å². The Hall–Kier alpha value is -3.96. The van der Waals surface area contributed by atoms with Crippen molar-refractivity contribution in [1.29, 1.82) is 0 Å². The van der Waals surface area contributed by atoms with E-state index in [0.29, 0.717) is 67.0 Å². The summed E-state index contributed by atoms with van der Waals surface area (Å²) in [6.07, 6.45) is 5.47. The molecule has 2 amide bonds. The van der Waals surface area contributed by atoms with Crippen LogP contribution in [-0.2, 0) is 14.3 Å². The standard InChI is InChI=1S/C29H37N5O6/c1-5-25(35)33-13-7-6-8-22(19-33)34-26-23(31-29(34)32-28(36)21-11-12-30-20(2)18-21)9-10-24(39-16-14-37-3)27(26)40-17-15-38-4/h5,9-12,18,22H,1,6-8,13-17,19H2,2-4H3,(H,31,32,36). The van der Waals surface area contributed by atoms with Crippen LogP contribution in [0.2, 0.25) is 0 Å². The molecule has 1 aliphatic heterocycles.